The maximum Gasteiger partial charge on any atom is 0.266 e. The van der Waals surface area contributed by atoms with Gasteiger partial charge in [-0.2, -0.15) is 0 Å². The Morgan fingerprint density at radius 1 is 1.28 bits per heavy atom. The molecule has 1 saturated carbocycles. The zero-order chi connectivity index (χ0) is 17.7. The van der Waals surface area contributed by atoms with Gasteiger partial charge in [-0.25, -0.2) is 8.78 Å². The molecule has 1 atom stereocenters. The third-order valence-electron chi connectivity index (χ3n) is 5.75. The lowest BCUT2D eigenvalue weighted by molar-refractivity contribution is -0.163. The molecule has 134 valence electrons. The molecule has 5 nitrogen and oxygen atoms in total. The van der Waals surface area contributed by atoms with Crippen LogP contribution in [0.5, 0.6) is 0 Å². The number of carbonyl (C=O) groups excluding carboxylic acids is 2. The first-order chi connectivity index (χ1) is 11.9. The summed E-state index contributed by atoms with van der Waals surface area (Å²) in [4.78, 5) is 32.3. The number of rotatable bonds is 2. The van der Waals surface area contributed by atoms with Gasteiger partial charge in [0, 0.05) is 31.6 Å². The molecule has 1 spiro atoms. The van der Waals surface area contributed by atoms with E-state index in [9.17, 15) is 18.4 Å². The Kier molecular flexibility index (Phi) is 3.77. The molecular formula is C18H21F2N3O2. The third kappa shape index (κ3) is 2.79. The molecule has 2 saturated heterocycles. The first kappa shape index (κ1) is 16.4. The molecule has 1 aromatic heterocycles. The molecule has 3 fully saturated rings. The fraction of sp³-hybridized carbons (Fsp3) is 0.611. The van der Waals surface area contributed by atoms with Gasteiger partial charge in [0.25, 0.3) is 5.92 Å². The van der Waals surface area contributed by atoms with Crippen LogP contribution in [0, 0.1) is 11.3 Å². The molecule has 0 unspecified atom stereocenters. The van der Waals surface area contributed by atoms with Crippen molar-refractivity contribution < 1.29 is 18.4 Å². The molecule has 25 heavy (non-hydrogen) atoms. The summed E-state index contributed by atoms with van der Waals surface area (Å²) in [6.45, 7) is -0.0795. The first-order valence-corrected chi connectivity index (χ1v) is 8.79. The number of halogens is 2. The molecule has 0 bridgehead atoms. The van der Waals surface area contributed by atoms with E-state index in [1.165, 1.54) is 9.80 Å². The molecule has 1 aromatic rings. The first-order valence-electron chi connectivity index (χ1n) is 8.79. The summed E-state index contributed by atoms with van der Waals surface area (Å²) in [5.74, 6) is -3.70. The van der Waals surface area contributed by atoms with E-state index in [-0.39, 0.29) is 24.3 Å². The van der Waals surface area contributed by atoms with Gasteiger partial charge in [-0.15, -0.1) is 0 Å². The highest BCUT2D eigenvalue weighted by molar-refractivity contribution is 6.00. The maximum atomic E-state index is 14.4. The van der Waals surface area contributed by atoms with Gasteiger partial charge in [0.1, 0.15) is 0 Å². The van der Waals surface area contributed by atoms with Gasteiger partial charge in [-0.05, 0) is 31.4 Å². The number of nitrogens with zero attached hydrogens (tertiary/aromatic N) is 3. The lowest BCUT2D eigenvalue weighted by atomic mass is 9.75. The molecule has 2 amide bonds. The zero-order valence-electron chi connectivity index (χ0n) is 14.0. The van der Waals surface area contributed by atoms with Gasteiger partial charge in [0.15, 0.2) is 0 Å². The van der Waals surface area contributed by atoms with Crippen LogP contribution in [-0.4, -0.2) is 47.3 Å². The number of alkyl halides is 2. The van der Waals surface area contributed by atoms with E-state index in [2.05, 4.69) is 4.98 Å². The molecular weight excluding hydrogens is 328 g/mol. The molecule has 0 N–H and O–H groups in total. The highest BCUT2D eigenvalue weighted by Gasteiger charge is 2.58. The molecule has 2 aliphatic heterocycles. The van der Waals surface area contributed by atoms with Gasteiger partial charge in [0.2, 0.25) is 11.8 Å². The van der Waals surface area contributed by atoms with Gasteiger partial charge in [-0.3, -0.25) is 14.6 Å². The van der Waals surface area contributed by atoms with Gasteiger partial charge >= 0.3 is 0 Å². The van der Waals surface area contributed by atoms with Gasteiger partial charge in [0.05, 0.1) is 23.8 Å². The summed E-state index contributed by atoms with van der Waals surface area (Å²) < 4.78 is 28.8. The minimum absolute atomic E-state index is 0.105. The standard InChI is InChI=1S/C18H21F2N3O2/c19-18(20)10-17(11-22(12-18)15(24)13-3-1-4-13)6-8-23(16(17)25)14-5-2-7-21-9-14/h2,5,7,9,13H,1,3-4,6,8,10-12H2/t17-/m0/s1. The van der Waals surface area contributed by atoms with Crippen LogP contribution >= 0.6 is 0 Å². The Morgan fingerprint density at radius 2 is 2.08 bits per heavy atom. The van der Waals surface area contributed by atoms with Crippen molar-refractivity contribution in [3.05, 3.63) is 24.5 Å². The van der Waals surface area contributed by atoms with Crippen LogP contribution in [0.2, 0.25) is 0 Å². The topological polar surface area (TPSA) is 53.5 Å². The van der Waals surface area contributed by atoms with Crippen molar-refractivity contribution in [3.63, 3.8) is 0 Å². The van der Waals surface area contributed by atoms with Crippen LogP contribution in [0.25, 0.3) is 0 Å². The van der Waals surface area contributed by atoms with Crippen molar-refractivity contribution in [3.8, 4) is 0 Å². The predicted octanol–water partition coefficient (Wildman–Crippen LogP) is 2.47. The highest BCUT2D eigenvalue weighted by Crippen LogP contribution is 2.47. The number of anilines is 1. The van der Waals surface area contributed by atoms with Crippen LogP contribution in [0.15, 0.2) is 24.5 Å². The van der Waals surface area contributed by atoms with E-state index in [0.717, 1.165) is 19.3 Å². The number of amides is 2. The van der Waals surface area contributed by atoms with Crippen molar-refractivity contribution >= 4 is 17.5 Å². The summed E-state index contributed by atoms with van der Waals surface area (Å²) >= 11 is 0. The molecule has 0 radical (unpaired) electrons. The fourth-order valence-electron chi connectivity index (χ4n) is 4.27. The van der Waals surface area contributed by atoms with Crippen molar-refractivity contribution in [1.29, 1.82) is 0 Å². The monoisotopic (exact) mass is 349 g/mol. The molecule has 1 aliphatic carbocycles. The minimum Gasteiger partial charge on any atom is -0.335 e. The average Bonchev–Trinajstić information content (AvgIpc) is 2.81. The van der Waals surface area contributed by atoms with Crippen molar-refractivity contribution in [2.45, 2.75) is 38.0 Å². The van der Waals surface area contributed by atoms with Crippen LogP contribution in [-0.2, 0) is 9.59 Å². The average molecular weight is 349 g/mol. The zero-order valence-corrected chi connectivity index (χ0v) is 14.0. The van der Waals surface area contributed by atoms with Crippen LogP contribution < -0.4 is 4.90 Å². The van der Waals surface area contributed by atoms with E-state index < -0.39 is 24.3 Å². The van der Waals surface area contributed by atoms with Crippen LogP contribution in [0.4, 0.5) is 14.5 Å². The molecule has 3 aliphatic rings. The SMILES string of the molecule is O=C(C1CCC1)N1CC(F)(F)C[C@@]2(CCN(c3cccnc3)C2=O)C1. The number of pyridine rings is 1. The summed E-state index contributed by atoms with van der Waals surface area (Å²) in [7, 11) is 0. The Hall–Kier alpha value is -2.05. The maximum absolute atomic E-state index is 14.4. The number of hydrogen-bond donors (Lipinski definition) is 0. The van der Waals surface area contributed by atoms with Gasteiger partial charge < -0.3 is 9.80 Å². The summed E-state index contributed by atoms with van der Waals surface area (Å²) in [6.07, 6.45) is 5.53. The normalized spacial score (nSPS) is 29.1. The predicted molar refractivity (Wildman–Crippen MR) is 87.1 cm³/mol. The number of carbonyl (C=O) groups is 2. The minimum atomic E-state index is -3.03. The molecule has 3 heterocycles. The Bertz CT molecular complexity index is 693. The summed E-state index contributed by atoms with van der Waals surface area (Å²) in [5, 5.41) is 0. The Morgan fingerprint density at radius 3 is 2.72 bits per heavy atom. The Balaban J connectivity index is 1.59. The van der Waals surface area contributed by atoms with Crippen molar-refractivity contribution in [2.24, 2.45) is 11.3 Å². The summed E-state index contributed by atoms with van der Waals surface area (Å²) in [6, 6.07) is 3.47. The second-order valence-corrected chi connectivity index (χ2v) is 7.55. The fourth-order valence-corrected chi connectivity index (χ4v) is 4.27. The van der Waals surface area contributed by atoms with E-state index in [4.69, 9.17) is 0 Å². The van der Waals surface area contributed by atoms with E-state index in [0.29, 0.717) is 18.7 Å². The smallest absolute Gasteiger partial charge is 0.266 e. The van der Waals surface area contributed by atoms with E-state index in [1.54, 1.807) is 24.5 Å². The van der Waals surface area contributed by atoms with Crippen LogP contribution in [0.1, 0.15) is 32.1 Å². The van der Waals surface area contributed by atoms with Crippen LogP contribution in [0.3, 0.4) is 0 Å². The largest absolute Gasteiger partial charge is 0.335 e. The Labute approximate surface area is 145 Å². The molecule has 0 aromatic carbocycles. The third-order valence-corrected chi connectivity index (χ3v) is 5.75. The quantitative estimate of drug-likeness (QED) is 0.824. The second-order valence-electron chi connectivity index (χ2n) is 7.55. The number of likely N-dealkylation sites (tertiary alicyclic amines) is 1. The number of hydrogen-bond acceptors (Lipinski definition) is 3. The highest BCUT2D eigenvalue weighted by atomic mass is 19.3. The number of aromatic nitrogens is 1. The molecule has 7 heteroatoms. The molecule has 4 rings (SSSR count). The lowest BCUT2D eigenvalue weighted by Gasteiger charge is -2.44. The second kappa shape index (κ2) is 5.75. The van der Waals surface area contributed by atoms with E-state index in [1.807, 2.05) is 0 Å². The van der Waals surface area contributed by atoms with E-state index >= 15 is 0 Å². The lowest BCUT2D eigenvalue weighted by Crippen LogP contribution is -2.58. The van der Waals surface area contributed by atoms with Crippen molar-refractivity contribution in [2.75, 3.05) is 24.5 Å². The summed E-state index contributed by atoms with van der Waals surface area (Å²) in [5.41, 5.74) is -0.563. The number of piperidine rings is 1. The van der Waals surface area contributed by atoms with Gasteiger partial charge in [-0.1, -0.05) is 6.42 Å². The van der Waals surface area contributed by atoms with Crippen molar-refractivity contribution in [1.82, 2.24) is 9.88 Å².